The van der Waals surface area contributed by atoms with Gasteiger partial charge in [-0.1, -0.05) is 48.5 Å². The van der Waals surface area contributed by atoms with Gasteiger partial charge in [-0.3, -0.25) is 9.59 Å². The molecule has 1 heterocycles. The molecule has 5 nitrogen and oxygen atoms in total. The molecule has 2 amide bonds. The minimum Gasteiger partial charge on any atom is -0.354 e. The number of nitrogens with one attached hydrogen (secondary N) is 3. The Hall–Kier alpha value is -2.66. The number of carbonyl (C=O) groups excluding carboxylic acids is 2. The molecule has 130 valence electrons. The van der Waals surface area contributed by atoms with Gasteiger partial charge in [-0.25, -0.2) is 0 Å². The summed E-state index contributed by atoms with van der Waals surface area (Å²) < 4.78 is 0. The number of benzene rings is 2. The van der Waals surface area contributed by atoms with Crippen LogP contribution in [-0.4, -0.2) is 37.5 Å². The predicted octanol–water partition coefficient (Wildman–Crippen LogP) is 1.36. The van der Waals surface area contributed by atoms with Crippen molar-refractivity contribution in [2.24, 2.45) is 5.92 Å². The highest BCUT2D eigenvalue weighted by Gasteiger charge is 2.24. The van der Waals surface area contributed by atoms with Gasteiger partial charge in [0, 0.05) is 37.5 Å². The van der Waals surface area contributed by atoms with Crippen molar-refractivity contribution in [1.82, 2.24) is 16.0 Å². The number of amides is 2. The van der Waals surface area contributed by atoms with E-state index in [0.29, 0.717) is 24.4 Å². The summed E-state index contributed by atoms with van der Waals surface area (Å²) in [4.78, 5) is 25.1. The Morgan fingerprint density at radius 2 is 1.64 bits per heavy atom. The third-order valence-corrected chi connectivity index (χ3v) is 4.37. The molecular formula is C20H23N3O2. The lowest BCUT2D eigenvalue weighted by Crippen LogP contribution is -2.53. The molecule has 2 aromatic carbocycles. The lowest BCUT2D eigenvalue weighted by Gasteiger charge is -2.28. The van der Waals surface area contributed by atoms with Crippen molar-refractivity contribution < 1.29 is 9.59 Å². The van der Waals surface area contributed by atoms with Gasteiger partial charge in [0.25, 0.3) is 5.91 Å². The summed E-state index contributed by atoms with van der Waals surface area (Å²) >= 11 is 0. The van der Waals surface area contributed by atoms with Crippen molar-refractivity contribution >= 4 is 11.8 Å². The molecule has 0 bridgehead atoms. The van der Waals surface area contributed by atoms with Gasteiger partial charge in [-0.15, -0.1) is 0 Å². The van der Waals surface area contributed by atoms with E-state index < -0.39 is 6.04 Å². The standard InChI is InChI=1S/C20H23N3O2/c24-19(17-9-5-2-6-10-17)23-18(11-15-7-3-1-4-8-15)20(25)22-14-16-12-21-13-16/h1-10,16,18,21H,11-14H2,(H,22,25)(H,23,24). The molecule has 25 heavy (non-hydrogen) atoms. The first-order valence-electron chi connectivity index (χ1n) is 8.60. The molecule has 5 heteroatoms. The van der Waals surface area contributed by atoms with Crippen LogP contribution in [-0.2, 0) is 11.2 Å². The van der Waals surface area contributed by atoms with E-state index in [1.165, 1.54) is 0 Å². The van der Waals surface area contributed by atoms with Gasteiger partial charge >= 0.3 is 0 Å². The van der Waals surface area contributed by atoms with E-state index in [1.54, 1.807) is 12.1 Å². The largest absolute Gasteiger partial charge is 0.354 e. The highest BCUT2D eigenvalue weighted by atomic mass is 16.2. The van der Waals surface area contributed by atoms with Crippen LogP contribution in [0.5, 0.6) is 0 Å². The van der Waals surface area contributed by atoms with Crippen LogP contribution in [0.15, 0.2) is 60.7 Å². The van der Waals surface area contributed by atoms with Crippen molar-refractivity contribution in [1.29, 1.82) is 0 Å². The molecule has 1 atom stereocenters. The molecule has 0 saturated carbocycles. The summed E-state index contributed by atoms with van der Waals surface area (Å²) in [5.74, 6) is 0.105. The summed E-state index contributed by atoms with van der Waals surface area (Å²) in [5, 5.41) is 9.03. The van der Waals surface area contributed by atoms with Gasteiger partial charge in [-0.2, -0.15) is 0 Å². The molecule has 3 N–H and O–H groups in total. The zero-order valence-electron chi connectivity index (χ0n) is 14.1. The number of hydrogen-bond acceptors (Lipinski definition) is 3. The number of hydrogen-bond donors (Lipinski definition) is 3. The van der Waals surface area contributed by atoms with Crippen LogP contribution in [0.25, 0.3) is 0 Å². The van der Waals surface area contributed by atoms with Crippen LogP contribution in [0.3, 0.4) is 0 Å². The molecule has 3 rings (SSSR count). The smallest absolute Gasteiger partial charge is 0.251 e. The zero-order valence-corrected chi connectivity index (χ0v) is 14.1. The van der Waals surface area contributed by atoms with E-state index in [-0.39, 0.29) is 11.8 Å². The number of rotatable bonds is 7. The first-order valence-corrected chi connectivity index (χ1v) is 8.60. The Kier molecular flexibility index (Phi) is 5.80. The summed E-state index contributed by atoms with van der Waals surface area (Å²) in [7, 11) is 0. The minimum absolute atomic E-state index is 0.139. The van der Waals surface area contributed by atoms with Gasteiger partial charge in [0.1, 0.15) is 6.04 Å². The summed E-state index contributed by atoms with van der Waals surface area (Å²) in [6, 6.07) is 18.1. The van der Waals surface area contributed by atoms with Gasteiger partial charge in [0.2, 0.25) is 5.91 Å². The van der Waals surface area contributed by atoms with E-state index in [0.717, 1.165) is 18.7 Å². The maximum atomic E-state index is 12.6. The average molecular weight is 337 g/mol. The van der Waals surface area contributed by atoms with Gasteiger partial charge in [0.05, 0.1) is 0 Å². The zero-order chi connectivity index (χ0) is 17.5. The van der Waals surface area contributed by atoms with Crippen LogP contribution in [0, 0.1) is 5.92 Å². The van der Waals surface area contributed by atoms with Crippen molar-refractivity contribution in [3.8, 4) is 0 Å². The van der Waals surface area contributed by atoms with E-state index in [2.05, 4.69) is 16.0 Å². The molecule has 1 fully saturated rings. The fraction of sp³-hybridized carbons (Fsp3) is 0.300. The molecule has 1 aliphatic heterocycles. The highest BCUT2D eigenvalue weighted by Crippen LogP contribution is 2.07. The second kappa shape index (κ2) is 8.44. The molecule has 2 aromatic rings. The molecule has 1 aliphatic rings. The molecular weight excluding hydrogens is 314 g/mol. The molecule has 0 radical (unpaired) electrons. The average Bonchev–Trinajstić information content (AvgIpc) is 2.61. The van der Waals surface area contributed by atoms with Crippen LogP contribution >= 0.6 is 0 Å². The number of carbonyl (C=O) groups is 2. The maximum Gasteiger partial charge on any atom is 0.251 e. The Balaban J connectivity index is 1.66. The highest BCUT2D eigenvalue weighted by molar-refractivity contribution is 5.97. The Morgan fingerprint density at radius 1 is 1.00 bits per heavy atom. The predicted molar refractivity (Wildman–Crippen MR) is 97.2 cm³/mol. The maximum absolute atomic E-state index is 12.6. The Labute approximate surface area is 147 Å². The van der Waals surface area contributed by atoms with Gasteiger partial charge in [0.15, 0.2) is 0 Å². The third kappa shape index (κ3) is 4.90. The molecule has 0 aliphatic carbocycles. The van der Waals surface area contributed by atoms with Crippen molar-refractivity contribution in [3.05, 3.63) is 71.8 Å². The van der Waals surface area contributed by atoms with Crippen LogP contribution in [0.1, 0.15) is 15.9 Å². The van der Waals surface area contributed by atoms with Crippen LogP contribution in [0.2, 0.25) is 0 Å². The first-order chi connectivity index (χ1) is 12.2. The van der Waals surface area contributed by atoms with E-state index in [9.17, 15) is 9.59 Å². The summed E-state index contributed by atoms with van der Waals surface area (Å²) in [5.41, 5.74) is 1.57. The Morgan fingerprint density at radius 3 is 2.24 bits per heavy atom. The quantitative estimate of drug-likeness (QED) is 0.715. The van der Waals surface area contributed by atoms with Crippen LogP contribution < -0.4 is 16.0 Å². The Bertz CT molecular complexity index is 699. The third-order valence-electron chi connectivity index (χ3n) is 4.37. The monoisotopic (exact) mass is 337 g/mol. The molecule has 1 saturated heterocycles. The fourth-order valence-corrected chi connectivity index (χ4v) is 2.75. The minimum atomic E-state index is -0.594. The van der Waals surface area contributed by atoms with Crippen LogP contribution in [0.4, 0.5) is 0 Å². The normalized spacial score (nSPS) is 15.0. The lowest BCUT2D eigenvalue weighted by atomic mass is 10.0. The van der Waals surface area contributed by atoms with Crippen molar-refractivity contribution in [2.75, 3.05) is 19.6 Å². The second-order valence-electron chi connectivity index (χ2n) is 6.35. The van der Waals surface area contributed by atoms with Gasteiger partial charge < -0.3 is 16.0 Å². The fourth-order valence-electron chi connectivity index (χ4n) is 2.75. The topological polar surface area (TPSA) is 70.2 Å². The molecule has 0 spiro atoms. The lowest BCUT2D eigenvalue weighted by molar-refractivity contribution is -0.123. The summed E-state index contributed by atoms with van der Waals surface area (Å²) in [6.07, 6.45) is 0.466. The van der Waals surface area contributed by atoms with E-state index >= 15 is 0 Å². The van der Waals surface area contributed by atoms with E-state index in [1.807, 2.05) is 48.5 Å². The molecule has 0 aromatic heterocycles. The van der Waals surface area contributed by atoms with E-state index in [4.69, 9.17) is 0 Å². The van der Waals surface area contributed by atoms with Crippen molar-refractivity contribution in [2.45, 2.75) is 12.5 Å². The SMILES string of the molecule is O=C(NC(Cc1ccccc1)C(=O)NCC1CNC1)c1ccccc1. The van der Waals surface area contributed by atoms with Gasteiger partial charge in [-0.05, 0) is 17.7 Å². The summed E-state index contributed by atoms with van der Waals surface area (Å²) in [6.45, 7) is 2.50. The first kappa shape index (κ1) is 17.2. The second-order valence-corrected chi connectivity index (χ2v) is 6.35. The molecule has 1 unspecified atom stereocenters. The van der Waals surface area contributed by atoms with Crippen molar-refractivity contribution in [3.63, 3.8) is 0 Å².